The van der Waals surface area contributed by atoms with E-state index >= 15 is 0 Å². The van der Waals surface area contributed by atoms with Crippen molar-refractivity contribution in [1.82, 2.24) is 0 Å². The lowest BCUT2D eigenvalue weighted by Gasteiger charge is -2.07. The highest BCUT2D eigenvalue weighted by atomic mass is 79.9. The Kier molecular flexibility index (Phi) is 4.14. The molecule has 0 aliphatic carbocycles. The molecule has 2 rings (SSSR count). The lowest BCUT2D eigenvalue weighted by atomic mass is 10.1. The highest BCUT2D eigenvalue weighted by Gasteiger charge is 2.13. The maximum Gasteiger partial charge on any atom is 0.336 e. The smallest absolute Gasteiger partial charge is 0.336 e. The highest BCUT2D eigenvalue weighted by molar-refractivity contribution is 9.10. The third-order valence-corrected chi connectivity index (χ3v) is 3.26. The van der Waals surface area contributed by atoms with Crippen LogP contribution in [0.15, 0.2) is 46.9 Å². The van der Waals surface area contributed by atoms with Crippen molar-refractivity contribution in [3.63, 3.8) is 0 Å². The molecule has 0 saturated heterocycles. The van der Waals surface area contributed by atoms with E-state index in [1.54, 1.807) is 6.07 Å². The number of rotatable bonds is 3. The second kappa shape index (κ2) is 5.83. The molecule has 0 aromatic heterocycles. The summed E-state index contributed by atoms with van der Waals surface area (Å²) in [6, 6.07) is 9.87. The molecule has 0 atom stereocenters. The Morgan fingerprint density at radius 1 is 1.10 bits per heavy atom. The summed E-state index contributed by atoms with van der Waals surface area (Å²) in [5.74, 6) is -2.40. The van der Waals surface area contributed by atoms with Crippen molar-refractivity contribution in [1.29, 1.82) is 0 Å². The number of carboxylic acids is 1. The molecule has 102 valence electrons. The van der Waals surface area contributed by atoms with Crippen LogP contribution in [0, 0.1) is 5.82 Å². The number of carboxylic acid groups (broad SMARTS) is 1. The van der Waals surface area contributed by atoms with E-state index < -0.39 is 17.7 Å². The summed E-state index contributed by atoms with van der Waals surface area (Å²) in [6.07, 6.45) is 0. The van der Waals surface area contributed by atoms with Crippen LogP contribution >= 0.6 is 15.9 Å². The fraction of sp³-hybridized carbons (Fsp3) is 0. The Morgan fingerprint density at radius 2 is 1.80 bits per heavy atom. The zero-order valence-corrected chi connectivity index (χ0v) is 11.6. The molecule has 0 bridgehead atoms. The molecular formula is C14H9BrFNO3. The molecular weight excluding hydrogens is 329 g/mol. The fourth-order valence-corrected chi connectivity index (χ4v) is 2.03. The van der Waals surface area contributed by atoms with Gasteiger partial charge in [0.15, 0.2) is 0 Å². The van der Waals surface area contributed by atoms with Gasteiger partial charge in [-0.3, -0.25) is 4.79 Å². The van der Waals surface area contributed by atoms with Gasteiger partial charge in [-0.15, -0.1) is 0 Å². The summed E-state index contributed by atoms with van der Waals surface area (Å²) in [5.41, 5.74) is 0.183. The predicted molar refractivity (Wildman–Crippen MR) is 75.5 cm³/mol. The van der Waals surface area contributed by atoms with Crippen LogP contribution in [0.5, 0.6) is 0 Å². The summed E-state index contributed by atoms with van der Waals surface area (Å²) < 4.78 is 13.8. The number of anilines is 1. The minimum atomic E-state index is -1.13. The van der Waals surface area contributed by atoms with Gasteiger partial charge in [-0.25, -0.2) is 9.18 Å². The Hall–Kier alpha value is -2.21. The van der Waals surface area contributed by atoms with Crippen LogP contribution in [-0.2, 0) is 0 Å². The lowest BCUT2D eigenvalue weighted by molar-refractivity contribution is 0.0695. The average Bonchev–Trinajstić information content (AvgIpc) is 2.41. The summed E-state index contributed by atoms with van der Waals surface area (Å²) in [4.78, 5) is 22.9. The number of hydrogen-bond acceptors (Lipinski definition) is 2. The number of carbonyl (C=O) groups is 2. The van der Waals surface area contributed by atoms with Crippen LogP contribution in [0.1, 0.15) is 20.7 Å². The minimum Gasteiger partial charge on any atom is -0.478 e. The lowest BCUT2D eigenvalue weighted by Crippen LogP contribution is -2.14. The van der Waals surface area contributed by atoms with Crippen molar-refractivity contribution < 1.29 is 19.1 Å². The Morgan fingerprint density at radius 3 is 2.45 bits per heavy atom. The van der Waals surface area contributed by atoms with Crippen LogP contribution in [0.4, 0.5) is 10.1 Å². The van der Waals surface area contributed by atoms with E-state index in [-0.39, 0.29) is 16.8 Å². The van der Waals surface area contributed by atoms with E-state index in [0.717, 1.165) is 0 Å². The molecule has 20 heavy (non-hydrogen) atoms. The molecule has 0 heterocycles. The normalized spacial score (nSPS) is 10.1. The van der Waals surface area contributed by atoms with Crippen LogP contribution in [-0.4, -0.2) is 17.0 Å². The van der Waals surface area contributed by atoms with Crippen molar-refractivity contribution in [2.45, 2.75) is 0 Å². The molecule has 1 amide bonds. The maximum absolute atomic E-state index is 13.5. The zero-order valence-electron chi connectivity index (χ0n) is 10.1. The highest BCUT2D eigenvalue weighted by Crippen LogP contribution is 2.21. The molecule has 0 unspecified atom stereocenters. The van der Waals surface area contributed by atoms with Crippen molar-refractivity contribution >= 4 is 33.5 Å². The quantitative estimate of drug-likeness (QED) is 0.900. The first-order chi connectivity index (χ1) is 9.49. The standard InChI is InChI=1S/C14H9BrFNO3/c15-11-6-5-8(7-10(11)14(19)20)17-13(18)9-3-1-2-4-12(9)16/h1-7H,(H,17,18)(H,19,20). The summed E-state index contributed by atoms with van der Waals surface area (Å²) >= 11 is 3.10. The van der Waals surface area contributed by atoms with E-state index in [9.17, 15) is 14.0 Å². The second-order valence-corrected chi connectivity index (χ2v) is 4.79. The number of aromatic carboxylic acids is 1. The van der Waals surface area contributed by atoms with Crippen molar-refractivity contribution in [2.24, 2.45) is 0 Å². The molecule has 2 N–H and O–H groups in total. The van der Waals surface area contributed by atoms with Gasteiger partial charge in [-0.2, -0.15) is 0 Å². The van der Waals surface area contributed by atoms with Crippen LogP contribution < -0.4 is 5.32 Å². The number of hydrogen-bond donors (Lipinski definition) is 2. The van der Waals surface area contributed by atoms with Crippen LogP contribution in [0.2, 0.25) is 0 Å². The van der Waals surface area contributed by atoms with Crippen LogP contribution in [0.25, 0.3) is 0 Å². The molecule has 4 nitrogen and oxygen atoms in total. The van der Waals surface area contributed by atoms with Crippen molar-refractivity contribution in [3.05, 3.63) is 63.9 Å². The molecule has 2 aromatic carbocycles. The first kappa shape index (κ1) is 14.2. The van der Waals surface area contributed by atoms with Gasteiger partial charge in [0.05, 0.1) is 11.1 Å². The van der Waals surface area contributed by atoms with Crippen molar-refractivity contribution in [3.8, 4) is 0 Å². The summed E-state index contributed by atoms with van der Waals surface area (Å²) in [6.45, 7) is 0. The monoisotopic (exact) mass is 337 g/mol. The molecule has 2 aromatic rings. The Bertz CT molecular complexity index is 688. The first-order valence-electron chi connectivity index (χ1n) is 5.58. The molecule has 0 aliphatic heterocycles. The van der Waals surface area contributed by atoms with Gasteiger partial charge in [-0.05, 0) is 46.3 Å². The number of halogens is 2. The van der Waals surface area contributed by atoms with Crippen molar-refractivity contribution in [2.75, 3.05) is 5.32 Å². The molecule has 6 heteroatoms. The van der Waals surface area contributed by atoms with Gasteiger partial charge in [0, 0.05) is 10.2 Å². The number of benzene rings is 2. The van der Waals surface area contributed by atoms with Gasteiger partial charge >= 0.3 is 5.97 Å². The second-order valence-electron chi connectivity index (χ2n) is 3.93. The topological polar surface area (TPSA) is 66.4 Å². The van der Waals surface area contributed by atoms with Gasteiger partial charge in [0.2, 0.25) is 0 Å². The van der Waals surface area contributed by atoms with Gasteiger partial charge in [0.25, 0.3) is 5.91 Å². The van der Waals surface area contributed by atoms with E-state index in [1.807, 2.05) is 0 Å². The van der Waals surface area contributed by atoms with E-state index in [0.29, 0.717) is 4.47 Å². The number of amides is 1. The molecule has 0 saturated carbocycles. The summed E-state index contributed by atoms with van der Waals surface area (Å²) in [7, 11) is 0. The third kappa shape index (κ3) is 3.03. The fourth-order valence-electron chi connectivity index (χ4n) is 1.61. The SMILES string of the molecule is O=C(Nc1ccc(Br)c(C(=O)O)c1)c1ccccc1F. The largest absolute Gasteiger partial charge is 0.478 e. The van der Waals surface area contributed by atoms with Gasteiger partial charge < -0.3 is 10.4 Å². The molecule has 0 aliphatic rings. The molecule has 0 fully saturated rings. The van der Waals surface area contributed by atoms with Crippen LogP contribution in [0.3, 0.4) is 0 Å². The molecule has 0 spiro atoms. The van der Waals surface area contributed by atoms with Gasteiger partial charge in [-0.1, -0.05) is 12.1 Å². The number of carbonyl (C=O) groups excluding carboxylic acids is 1. The predicted octanol–water partition coefficient (Wildman–Crippen LogP) is 3.54. The third-order valence-electron chi connectivity index (χ3n) is 2.57. The Balaban J connectivity index is 2.27. The van der Waals surface area contributed by atoms with E-state index in [4.69, 9.17) is 5.11 Å². The van der Waals surface area contributed by atoms with E-state index in [2.05, 4.69) is 21.2 Å². The zero-order chi connectivity index (χ0) is 14.7. The Labute approximate surface area is 122 Å². The van der Waals surface area contributed by atoms with Gasteiger partial charge in [0.1, 0.15) is 5.82 Å². The van der Waals surface area contributed by atoms with E-state index in [1.165, 1.54) is 36.4 Å². The molecule has 0 radical (unpaired) electrons. The summed E-state index contributed by atoms with van der Waals surface area (Å²) in [5, 5.41) is 11.4. The minimum absolute atomic E-state index is 0.0105. The average molecular weight is 338 g/mol. The number of nitrogens with one attached hydrogen (secondary N) is 1. The first-order valence-corrected chi connectivity index (χ1v) is 6.37. The maximum atomic E-state index is 13.5.